The van der Waals surface area contributed by atoms with Crippen LogP contribution in [0, 0.1) is 0 Å². The van der Waals surface area contributed by atoms with E-state index in [9.17, 15) is 18.0 Å². The van der Waals surface area contributed by atoms with E-state index in [0.29, 0.717) is 16.5 Å². The van der Waals surface area contributed by atoms with Crippen LogP contribution >= 0.6 is 11.6 Å². The molecule has 1 saturated carbocycles. The molecule has 4 rings (SSSR count). The SMILES string of the molecule is COc1ccc(CN(C(=O)CN(c2ccccc2)S(=O)(=O)c2ccc(Cl)cc2)[C@H](C)C(=O)NC2CCCCC2)cc1. The maximum Gasteiger partial charge on any atom is 0.264 e. The van der Waals surface area contributed by atoms with Crippen molar-refractivity contribution in [3.8, 4) is 5.75 Å². The van der Waals surface area contributed by atoms with Crippen molar-refractivity contribution in [2.75, 3.05) is 18.0 Å². The minimum Gasteiger partial charge on any atom is -0.497 e. The van der Waals surface area contributed by atoms with Gasteiger partial charge in [0.15, 0.2) is 0 Å². The Labute approximate surface area is 247 Å². The van der Waals surface area contributed by atoms with Crippen molar-refractivity contribution >= 4 is 39.1 Å². The van der Waals surface area contributed by atoms with Crippen molar-refractivity contribution in [2.24, 2.45) is 0 Å². The molecule has 1 N–H and O–H groups in total. The zero-order valence-corrected chi connectivity index (χ0v) is 24.9. The number of carbonyl (C=O) groups is 2. The lowest BCUT2D eigenvalue weighted by Crippen LogP contribution is -2.53. The summed E-state index contributed by atoms with van der Waals surface area (Å²) in [6.07, 6.45) is 5.09. The molecule has 2 amide bonds. The molecule has 8 nitrogen and oxygen atoms in total. The lowest BCUT2D eigenvalue weighted by atomic mass is 9.95. The summed E-state index contributed by atoms with van der Waals surface area (Å²) in [4.78, 5) is 28.8. The van der Waals surface area contributed by atoms with Gasteiger partial charge in [-0.1, -0.05) is 61.2 Å². The molecule has 1 fully saturated rings. The van der Waals surface area contributed by atoms with Crippen LogP contribution in [0.25, 0.3) is 0 Å². The number of amides is 2. The molecule has 3 aromatic rings. The van der Waals surface area contributed by atoms with Crippen molar-refractivity contribution < 1.29 is 22.7 Å². The molecule has 0 spiro atoms. The molecule has 1 atom stereocenters. The molecule has 0 heterocycles. The Kier molecular flexibility index (Phi) is 10.3. The Balaban J connectivity index is 1.65. The number of rotatable bonds is 11. The second kappa shape index (κ2) is 13.9. The fraction of sp³-hybridized carbons (Fsp3) is 0.355. The molecular formula is C31H36ClN3O5S. The van der Waals surface area contributed by atoms with Crippen LogP contribution in [0.3, 0.4) is 0 Å². The Bertz CT molecular complexity index is 1410. The lowest BCUT2D eigenvalue weighted by Gasteiger charge is -2.33. The first-order valence-corrected chi connectivity index (χ1v) is 15.6. The van der Waals surface area contributed by atoms with Gasteiger partial charge in [-0.15, -0.1) is 0 Å². The van der Waals surface area contributed by atoms with Crippen LogP contribution in [0.5, 0.6) is 5.75 Å². The van der Waals surface area contributed by atoms with E-state index in [0.717, 1.165) is 42.0 Å². The number of anilines is 1. The number of nitrogens with one attached hydrogen (secondary N) is 1. The van der Waals surface area contributed by atoms with Crippen molar-refractivity contribution in [1.82, 2.24) is 10.2 Å². The van der Waals surface area contributed by atoms with Gasteiger partial charge < -0.3 is 15.0 Å². The predicted octanol–water partition coefficient (Wildman–Crippen LogP) is 5.41. The summed E-state index contributed by atoms with van der Waals surface area (Å²) in [6.45, 7) is 1.30. The number of methoxy groups -OCH3 is 1. The first-order valence-electron chi connectivity index (χ1n) is 13.7. The monoisotopic (exact) mass is 597 g/mol. The van der Waals surface area contributed by atoms with Gasteiger partial charge in [-0.05, 0) is 73.9 Å². The second-order valence-electron chi connectivity index (χ2n) is 10.2. The Morgan fingerprint density at radius 2 is 1.59 bits per heavy atom. The van der Waals surface area contributed by atoms with Gasteiger partial charge in [0.25, 0.3) is 10.0 Å². The van der Waals surface area contributed by atoms with E-state index in [1.807, 2.05) is 12.1 Å². The minimum absolute atomic E-state index is 0.00310. The Hall–Kier alpha value is -3.56. The molecule has 0 bridgehead atoms. The number of benzene rings is 3. The van der Waals surface area contributed by atoms with Crippen molar-refractivity contribution in [3.63, 3.8) is 0 Å². The van der Waals surface area contributed by atoms with Crippen LogP contribution in [0.2, 0.25) is 5.02 Å². The van der Waals surface area contributed by atoms with Crippen LogP contribution in [0.15, 0.2) is 83.8 Å². The molecule has 41 heavy (non-hydrogen) atoms. The number of sulfonamides is 1. The first kappa shape index (κ1) is 30.4. The molecule has 218 valence electrons. The quantitative estimate of drug-likeness (QED) is 0.319. The molecule has 0 saturated heterocycles. The van der Waals surface area contributed by atoms with Crippen molar-refractivity contribution in [3.05, 3.63) is 89.4 Å². The van der Waals surface area contributed by atoms with Crippen molar-refractivity contribution in [1.29, 1.82) is 0 Å². The zero-order valence-electron chi connectivity index (χ0n) is 23.3. The molecule has 0 unspecified atom stereocenters. The summed E-state index contributed by atoms with van der Waals surface area (Å²) < 4.78 is 34.0. The maximum absolute atomic E-state index is 14.0. The summed E-state index contributed by atoms with van der Waals surface area (Å²) in [7, 11) is -2.57. The van der Waals surface area contributed by atoms with E-state index >= 15 is 0 Å². The third-order valence-corrected chi connectivity index (χ3v) is 9.40. The first-order chi connectivity index (χ1) is 19.7. The van der Waals surface area contributed by atoms with E-state index in [1.165, 1.54) is 29.2 Å². The summed E-state index contributed by atoms with van der Waals surface area (Å²) in [5, 5.41) is 3.51. The highest BCUT2D eigenvalue weighted by atomic mass is 35.5. The highest BCUT2D eigenvalue weighted by Crippen LogP contribution is 2.26. The highest BCUT2D eigenvalue weighted by molar-refractivity contribution is 7.92. The van der Waals surface area contributed by atoms with Crippen LogP contribution < -0.4 is 14.4 Å². The molecule has 10 heteroatoms. The van der Waals surface area contributed by atoms with Crippen LogP contribution in [-0.2, 0) is 26.2 Å². The topological polar surface area (TPSA) is 96.0 Å². The molecule has 0 radical (unpaired) electrons. The fourth-order valence-corrected chi connectivity index (χ4v) is 6.48. The number of hydrogen-bond donors (Lipinski definition) is 1. The van der Waals surface area contributed by atoms with E-state index in [2.05, 4.69) is 5.32 Å². The van der Waals surface area contributed by atoms with Gasteiger partial charge in [0.1, 0.15) is 18.3 Å². The van der Waals surface area contributed by atoms with Crippen LogP contribution in [0.4, 0.5) is 5.69 Å². The van der Waals surface area contributed by atoms with Crippen LogP contribution in [0.1, 0.15) is 44.6 Å². The van der Waals surface area contributed by atoms with E-state index < -0.39 is 28.5 Å². The molecule has 0 aliphatic heterocycles. The van der Waals surface area contributed by atoms with Gasteiger partial charge in [0.05, 0.1) is 17.7 Å². The van der Waals surface area contributed by atoms with Crippen molar-refractivity contribution in [2.45, 2.75) is 62.6 Å². The largest absolute Gasteiger partial charge is 0.497 e. The number of nitrogens with zero attached hydrogens (tertiary/aromatic N) is 2. The van der Waals surface area contributed by atoms with Gasteiger partial charge in [0, 0.05) is 17.6 Å². The summed E-state index contributed by atoms with van der Waals surface area (Å²) >= 11 is 6.00. The predicted molar refractivity (Wildman–Crippen MR) is 160 cm³/mol. The number of halogens is 1. The van der Waals surface area contributed by atoms with E-state index in [-0.39, 0.29) is 23.4 Å². The third kappa shape index (κ3) is 7.80. The molecule has 1 aliphatic rings. The summed E-state index contributed by atoms with van der Waals surface area (Å²) in [5.74, 6) is -0.0990. The lowest BCUT2D eigenvalue weighted by molar-refractivity contribution is -0.139. The molecule has 3 aromatic carbocycles. The average molecular weight is 598 g/mol. The second-order valence-corrected chi connectivity index (χ2v) is 12.5. The normalized spacial score (nSPS) is 14.6. The molecular weight excluding hydrogens is 562 g/mol. The average Bonchev–Trinajstić information content (AvgIpc) is 2.99. The smallest absolute Gasteiger partial charge is 0.264 e. The number of ether oxygens (including phenoxy) is 1. The van der Waals surface area contributed by atoms with Gasteiger partial charge in [-0.3, -0.25) is 13.9 Å². The van der Waals surface area contributed by atoms with Gasteiger partial charge in [0.2, 0.25) is 11.8 Å². The minimum atomic E-state index is -4.14. The highest BCUT2D eigenvalue weighted by Gasteiger charge is 2.33. The zero-order chi connectivity index (χ0) is 29.4. The van der Waals surface area contributed by atoms with Gasteiger partial charge in [-0.25, -0.2) is 8.42 Å². The molecule has 0 aromatic heterocycles. The van der Waals surface area contributed by atoms with Gasteiger partial charge in [-0.2, -0.15) is 0 Å². The summed E-state index contributed by atoms with van der Waals surface area (Å²) in [6, 6.07) is 20.7. The molecule has 1 aliphatic carbocycles. The number of para-hydroxylation sites is 1. The maximum atomic E-state index is 14.0. The number of hydrogen-bond acceptors (Lipinski definition) is 5. The van der Waals surface area contributed by atoms with E-state index in [4.69, 9.17) is 16.3 Å². The van der Waals surface area contributed by atoms with E-state index in [1.54, 1.807) is 56.5 Å². The Morgan fingerprint density at radius 1 is 0.951 bits per heavy atom. The standard InChI is InChI=1S/C31H36ClN3O5S/c1-23(31(37)33-26-9-5-3-6-10-26)34(21-24-13-17-28(40-2)18-14-24)30(36)22-35(27-11-7-4-8-12-27)41(38,39)29-19-15-25(32)16-20-29/h4,7-8,11-20,23,26H,3,5-6,9-10,21-22H2,1-2H3,(H,33,37)/t23-/m1/s1. The summed E-state index contributed by atoms with van der Waals surface area (Å²) in [5.41, 5.74) is 1.11. The van der Waals surface area contributed by atoms with Crippen LogP contribution in [-0.4, -0.2) is 50.9 Å². The Morgan fingerprint density at radius 3 is 2.20 bits per heavy atom. The third-order valence-electron chi connectivity index (χ3n) is 7.36. The van der Waals surface area contributed by atoms with Gasteiger partial charge >= 0.3 is 0 Å². The fourth-order valence-electron chi connectivity index (χ4n) is 4.94. The number of carbonyl (C=O) groups excluding carboxylic acids is 2.